The highest BCUT2D eigenvalue weighted by Crippen LogP contribution is 2.20. The SMILES string of the molecule is O=C/C=C(\Cl)c1ccc(Br)cc1. The first kappa shape index (κ1) is 9.49. The lowest BCUT2D eigenvalue weighted by molar-refractivity contribution is -0.104. The van der Waals surface area contributed by atoms with Crippen LogP contribution in [0.15, 0.2) is 34.8 Å². The Labute approximate surface area is 84.2 Å². The van der Waals surface area contributed by atoms with Crippen molar-refractivity contribution >= 4 is 38.8 Å². The molecule has 62 valence electrons. The van der Waals surface area contributed by atoms with E-state index in [1.54, 1.807) is 0 Å². The Hall–Kier alpha value is -0.600. The first-order chi connectivity index (χ1) is 5.74. The maximum absolute atomic E-state index is 10.1. The maximum Gasteiger partial charge on any atom is 0.144 e. The van der Waals surface area contributed by atoms with E-state index in [0.717, 1.165) is 10.0 Å². The molecule has 0 aliphatic rings. The lowest BCUT2D eigenvalue weighted by atomic mass is 10.2. The van der Waals surface area contributed by atoms with E-state index >= 15 is 0 Å². The molecule has 0 radical (unpaired) electrons. The Morgan fingerprint density at radius 2 is 1.92 bits per heavy atom. The van der Waals surface area contributed by atoms with E-state index in [1.165, 1.54) is 6.08 Å². The van der Waals surface area contributed by atoms with Gasteiger partial charge in [0.15, 0.2) is 0 Å². The number of carbonyl (C=O) groups excluding carboxylic acids is 1. The number of hydrogen-bond donors (Lipinski definition) is 0. The van der Waals surface area contributed by atoms with Gasteiger partial charge >= 0.3 is 0 Å². The topological polar surface area (TPSA) is 17.1 Å². The zero-order valence-corrected chi connectivity index (χ0v) is 8.47. The summed E-state index contributed by atoms with van der Waals surface area (Å²) in [4.78, 5) is 10.1. The number of benzene rings is 1. The monoisotopic (exact) mass is 244 g/mol. The van der Waals surface area contributed by atoms with Crippen LogP contribution in [0.4, 0.5) is 0 Å². The zero-order valence-electron chi connectivity index (χ0n) is 6.13. The molecule has 1 aromatic carbocycles. The third-order valence-corrected chi connectivity index (χ3v) is 2.21. The van der Waals surface area contributed by atoms with Gasteiger partial charge in [-0.25, -0.2) is 0 Å². The van der Waals surface area contributed by atoms with Crippen LogP contribution in [0.5, 0.6) is 0 Å². The molecule has 0 saturated carbocycles. The summed E-state index contributed by atoms with van der Waals surface area (Å²) in [5, 5.41) is 0.456. The van der Waals surface area contributed by atoms with Gasteiger partial charge in [0.25, 0.3) is 0 Å². The fraction of sp³-hybridized carbons (Fsp3) is 0. The second kappa shape index (κ2) is 4.43. The molecular formula is C9H6BrClO. The molecule has 3 heteroatoms. The summed E-state index contributed by atoms with van der Waals surface area (Å²) < 4.78 is 0.988. The minimum Gasteiger partial charge on any atom is -0.299 e. The molecule has 0 aliphatic carbocycles. The lowest BCUT2D eigenvalue weighted by Gasteiger charge is -1.96. The van der Waals surface area contributed by atoms with Crippen LogP contribution in [0.2, 0.25) is 0 Å². The molecule has 0 aliphatic heterocycles. The van der Waals surface area contributed by atoms with E-state index in [2.05, 4.69) is 15.9 Å². The summed E-state index contributed by atoms with van der Waals surface area (Å²) in [5.41, 5.74) is 0.840. The standard InChI is InChI=1S/C9H6BrClO/c10-8-3-1-7(2-4-8)9(11)5-6-12/h1-6H/b9-5-. The summed E-state index contributed by atoms with van der Waals surface area (Å²) >= 11 is 9.07. The van der Waals surface area contributed by atoms with E-state index < -0.39 is 0 Å². The van der Waals surface area contributed by atoms with Gasteiger partial charge in [-0.05, 0) is 23.8 Å². The summed E-state index contributed by atoms with van der Waals surface area (Å²) in [6.07, 6.45) is 2.00. The van der Waals surface area contributed by atoms with E-state index in [1.807, 2.05) is 24.3 Å². The fourth-order valence-electron chi connectivity index (χ4n) is 0.765. The number of rotatable bonds is 2. The van der Waals surface area contributed by atoms with E-state index in [-0.39, 0.29) is 0 Å². The summed E-state index contributed by atoms with van der Waals surface area (Å²) in [6.45, 7) is 0. The first-order valence-electron chi connectivity index (χ1n) is 3.31. The van der Waals surface area contributed by atoms with E-state index in [4.69, 9.17) is 11.6 Å². The van der Waals surface area contributed by atoms with Gasteiger partial charge in [-0.15, -0.1) is 0 Å². The highest BCUT2D eigenvalue weighted by Gasteiger charge is 1.95. The van der Waals surface area contributed by atoms with Crippen molar-refractivity contribution in [2.24, 2.45) is 0 Å². The van der Waals surface area contributed by atoms with Gasteiger partial charge in [0.05, 0.1) is 5.03 Å². The normalized spacial score (nSPS) is 11.3. The summed E-state index contributed by atoms with van der Waals surface area (Å²) in [7, 11) is 0. The molecule has 0 fully saturated rings. The predicted molar refractivity (Wildman–Crippen MR) is 54.0 cm³/mol. The third kappa shape index (κ3) is 2.47. The molecule has 0 heterocycles. The van der Waals surface area contributed by atoms with Crippen LogP contribution in [-0.4, -0.2) is 6.29 Å². The molecule has 0 spiro atoms. The lowest BCUT2D eigenvalue weighted by Crippen LogP contribution is -1.76. The fourth-order valence-corrected chi connectivity index (χ4v) is 1.21. The Morgan fingerprint density at radius 3 is 2.42 bits per heavy atom. The highest BCUT2D eigenvalue weighted by molar-refractivity contribution is 9.10. The number of allylic oxidation sites excluding steroid dienone is 1. The molecule has 1 nitrogen and oxygen atoms in total. The second-order valence-corrected chi connectivity index (χ2v) is 3.48. The van der Waals surface area contributed by atoms with Crippen molar-refractivity contribution in [3.8, 4) is 0 Å². The molecule has 0 saturated heterocycles. The summed E-state index contributed by atoms with van der Waals surface area (Å²) in [6, 6.07) is 7.42. The van der Waals surface area contributed by atoms with Gasteiger partial charge in [-0.3, -0.25) is 4.79 Å². The molecule has 0 atom stereocenters. The molecular weight excluding hydrogens is 239 g/mol. The summed E-state index contributed by atoms with van der Waals surface area (Å²) in [5.74, 6) is 0. The van der Waals surface area contributed by atoms with E-state index in [9.17, 15) is 4.79 Å². The first-order valence-corrected chi connectivity index (χ1v) is 4.48. The largest absolute Gasteiger partial charge is 0.299 e. The number of carbonyl (C=O) groups is 1. The number of hydrogen-bond acceptors (Lipinski definition) is 1. The Bertz CT molecular complexity index is 303. The van der Waals surface area contributed by atoms with Crippen LogP contribution in [0.1, 0.15) is 5.56 Å². The number of aldehydes is 1. The molecule has 0 unspecified atom stereocenters. The molecule has 1 rings (SSSR count). The Morgan fingerprint density at radius 1 is 1.33 bits per heavy atom. The van der Waals surface area contributed by atoms with Crippen molar-refractivity contribution in [2.45, 2.75) is 0 Å². The quantitative estimate of drug-likeness (QED) is 0.577. The zero-order chi connectivity index (χ0) is 8.97. The van der Waals surface area contributed by atoms with Crippen LogP contribution in [0.25, 0.3) is 5.03 Å². The second-order valence-electron chi connectivity index (χ2n) is 2.16. The van der Waals surface area contributed by atoms with Crippen molar-refractivity contribution < 1.29 is 4.79 Å². The third-order valence-electron chi connectivity index (χ3n) is 1.33. The van der Waals surface area contributed by atoms with Crippen LogP contribution in [0.3, 0.4) is 0 Å². The van der Waals surface area contributed by atoms with Crippen LogP contribution in [0, 0.1) is 0 Å². The van der Waals surface area contributed by atoms with Crippen molar-refractivity contribution in [3.63, 3.8) is 0 Å². The van der Waals surface area contributed by atoms with Crippen LogP contribution in [-0.2, 0) is 4.79 Å². The van der Waals surface area contributed by atoms with Gasteiger partial charge in [0.1, 0.15) is 6.29 Å². The Kier molecular flexibility index (Phi) is 3.50. The van der Waals surface area contributed by atoms with Gasteiger partial charge in [-0.1, -0.05) is 39.7 Å². The Balaban J connectivity index is 2.97. The maximum atomic E-state index is 10.1. The molecule has 0 amide bonds. The molecule has 0 N–H and O–H groups in total. The van der Waals surface area contributed by atoms with Gasteiger partial charge in [0.2, 0.25) is 0 Å². The van der Waals surface area contributed by atoms with Gasteiger partial charge in [0, 0.05) is 4.47 Å². The minimum atomic E-state index is 0.456. The molecule has 1 aromatic rings. The van der Waals surface area contributed by atoms with Crippen molar-refractivity contribution in [2.75, 3.05) is 0 Å². The number of halogens is 2. The molecule has 0 aromatic heterocycles. The minimum absolute atomic E-state index is 0.456. The van der Waals surface area contributed by atoms with Crippen molar-refractivity contribution in [1.82, 2.24) is 0 Å². The average Bonchev–Trinajstić information content (AvgIpc) is 2.06. The van der Waals surface area contributed by atoms with Crippen LogP contribution >= 0.6 is 27.5 Å². The smallest absolute Gasteiger partial charge is 0.144 e. The van der Waals surface area contributed by atoms with E-state index in [0.29, 0.717) is 11.3 Å². The van der Waals surface area contributed by atoms with Crippen molar-refractivity contribution in [3.05, 3.63) is 40.4 Å². The average molecular weight is 246 g/mol. The molecule has 12 heavy (non-hydrogen) atoms. The van der Waals surface area contributed by atoms with Gasteiger partial charge in [-0.2, -0.15) is 0 Å². The predicted octanol–water partition coefficient (Wildman–Crippen LogP) is 3.23. The van der Waals surface area contributed by atoms with Crippen LogP contribution < -0.4 is 0 Å². The molecule has 0 bridgehead atoms. The van der Waals surface area contributed by atoms with Crippen molar-refractivity contribution in [1.29, 1.82) is 0 Å². The van der Waals surface area contributed by atoms with Gasteiger partial charge < -0.3 is 0 Å². The highest BCUT2D eigenvalue weighted by atomic mass is 79.9.